The summed E-state index contributed by atoms with van der Waals surface area (Å²) in [6, 6.07) is 0. The highest BCUT2D eigenvalue weighted by Crippen LogP contribution is 2.38. The van der Waals surface area contributed by atoms with Crippen LogP contribution in [0.25, 0.3) is 0 Å². The Morgan fingerprint density at radius 2 is 0.695 bits per heavy atom. The average Bonchev–Trinajstić information content (AvgIpc) is 3.45. The largest absolute Gasteiger partial charge is 0.756 e. The van der Waals surface area contributed by atoms with E-state index in [0.29, 0.717) is 17.4 Å². The second kappa shape index (κ2) is 62.0. The van der Waals surface area contributed by atoms with Gasteiger partial charge in [0.25, 0.3) is 7.82 Å². The van der Waals surface area contributed by atoms with Crippen LogP contribution in [0.4, 0.5) is 0 Å². The summed E-state index contributed by atoms with van der Waals surface area (Å²) >= 11 is 0. The van der Waals surface area contributed by atoms with Crippen molar-refractivity contribution in [1.82, 2.24) is 0 Å². The van der Waals surface area contributed by atoms with Crippen molar-refractivity contribution < 1.29 is 42.1 Å². The molecule has 0 N–H and O–H groups in total. The Labute approximate surface area is 505 Å². The number of nitrogens with zero attached hydrogens (tertiary/aromatic N) is 1. The number of esters is 2. The quantitative estimate of drug-likeness (QED) is 0.0195. The minimum atomic E-state index is -4.66. The Morgan fingerprint density at radius 3 is 1.04 bits per heavy atom. The fraction of sp³-hybridized carbons (Fsp3) is 0.694. The number of carbonyl (C=O) groups excluding carboxylic acids is 2. The molecular weight excluding hydrogens is 1040 g/mol. The van der Waals surface area contributed by atoms with E-state index in [1.54, 1.807) is 0 Å². The number of allylic oxidation sites excluding steroid dienone is 20. The van der Waals surface area contributed by atoms with Gasteiger partial charge in [0.1, 0.15) is 19.8 Å². The third-order valence-electron chi connectivity index (χ3n) is 14.0. The highest BCUT2D eigenvalue weighted by atomic mass is 31.2. The van der Waals surface area contributed by atoms with Crippen LogP contribution in [-0.4, -0.2) is 70.0 Å². The van der Waals surface area contributed by atoms with E-state index in [0.717, 1.165) is 103 Å². The van der Waals surface area contributed by atoms with Crippen LogP contribution >= 0.6 is 7.82 Å². The zero-order valence-corrected chi connectivity index (χ0v) is 54.3. The summed E-state index contributed by atoms with van der Waals surface area (Å²) in [5, 5.41) is 0. The topological polar surface area (TPSA) is 111 Å². The van der Waals surface area contributed by atoms with Crippen molar-refractivity contribution >= 4 is 19.8 Å². The van der Waals surface area contributed by atoms with Crippen molar-refractivity contribution in [3.05, 3.63) is 122 Å². The van der Waals surface area contributed by atoms with Gasteiger partial charge in [-0.25, -0.2) is 0 Å². The summed E-state index contributed by atoms with van der Waals surface area (Å²) in [6.07, 6.45) is 88.4. The molecule has 9 nitrogen and oxygen atoms in total. The lowest BCUT2D eigenvalue weighted by atomic mass is 10.0. The van der Waals surface area contributed by atoms with E-state index >= 15 is 0 Å². The van der Waals surface area contributed by atoms with Crippen molar-refractivity contribution in [2.45, 2.75) is 277 Å². The van der Waals surface area contributed by atoms with Crippen LogP contribution in [0.2, 0.25) is 0 Å². The second-order valence-electron chi connectivity index (χ2n) is 23.1. The number of unbranched alkanes of at least 4 members (excludes halogenated alkanes) is 26. The number of hydrogen-bond donors (Lipinski definition) is 0. The molecule has 82 heavy (non-hydrogen) atoms. The molecule has 0 bridgehead atoms. The van der Waals surface area contributed by atoms with Crippen molar-refractivity contribution in [3.63, 3.8) is 0 Å². The van der Waals surface area contributed by atoms with E-state index in [2.05, 4.69) is 135 Å². The molecule has 0 amide bonds. The van der Waals surface area contributed by atoms with Crippen molar-refractivity contribution in [3.8, 4) is 0 Å². The van der Waals surface area contributed by atoms with Crippen molar-refractivity contribution in [2.24, 2.45) is 0 Å². The molecule has 0 aliphatic rings. The van der Waals surface area contributed by atoms with Crippen LogP contribution < -0.4 is 4.89 Å². The number of ether oxygens (including phenoxy) is 2. The standard InChI is InChI=1S/C72H124NO8P/c1-6-8-10-12-14-16-18-20-22-24-26-28-30-32-34-36-38-40-42-44-46-48-50-52-54-56-58-60-62-64-71(74)78-68-70(69-80-82(76,77)79-67-66-73(3,4)5)81-72(75)65-63-61-59-57-55-53-51-49-47-45-43-41-39-37-35-33-31-29-27-25-23-21-19-17-15-13-11-9-7-2/h9,11,15,17-18,20-21,23-24,26-27,29,33,35,39,41,45,47,51,53,70H,6-8,10,12-14,16,19,22,25,28,30-32,34,36-38,40,42-44,46,48-50,52,54-69H2,1-5H3/b11-9-,17-15-,20-18-,23-21-,26-24-,29-27-,35-33-,41-39-,47-45-,53-51-. The molecule has 10 heteroatoms. The molecule has 0 rings (SSSR count). The van der Waals surface area contributed by atoms with Crippen LogP contribution in [0.5, 0.6) is 0 Å². The lowest BCUT2D eigenvalue weighted by Crippen LogP contribution is -2.37. The van der Waals surface area contributed by atoms with Gasteiger partial charge < -0.3 is 27.9 Å². The predicted octanol–water partition coefficient (Wildman–Crippen LogP) is 20.9. The molecule has 0 heterocycles. The molecule has 0 aliphatic heterocycles. The molecule has 0 saturated heterocycles. The SMILES string of the molecule is CC/C=C\C/C=C\C/C=C\C/C=C\C/C=C\C/C=C\C/C=C\C/C=C\CCCCCCC(=O)OC(COC(=O)CCCCCCCCCCCCCCCCCCC/C=C\C/C=C\CCCCCCC)COP(=O)([O-])OCC[N+](C)(C)C. The maximum absolute atomic E-state index is 12.8. The Balaban J connectivity index is 4.16. The summed E-state index contributed by atoms with van der Waals surface area (Å²) in [4.78, 5) is 38.0. The molecule has 0 fully saturated rings. The normalized spacial score (nSPS) is 14.0. The number of phosphoric ester groups is 1. The number of phosphoric acid groups is 1. The van der Waals surface area contributed by atoms with Gasteiger partial charge >= 0.3 is 11.9 Å². The average molecular weight is 1160 g/mol. The van der Waals surface area contributed by atoms with Gasteiger partial charge in [0, 0.05) is 12.8 Å². The molecule has 2 atom stereocenters. The van der Waals surface area contributed by atoms with Crippen LogP contribution in [-0.2, 0) is 32.7 Å². The van der Waals surface area contributed by atoms with Gasteiger partial charge in [-0.1, -0.05) is 270 Å². The second-order valence-corrected chi connectivity index (χ2v) is 24.5. The molecule has 0 spiro atoms. The highest BCUT2D eigenvalue weighted by Gasteiger charge is 2.22. The Bertz CT molecular complexity index is 1800. The summed E-state index contributed by atoms with van der Waals surface area (Å²) in [5.74, 6) is -0.863. The van der Waals surface area contributed by atoms with E-state index in [1.165, 1.54) is 135 Å². The first-order valence-corrected chi connectivity index (χ1v) is 34.7. The molecular formula is C72H124NO8P. The third-order valence-corrected chi connectivity index (χ3v) is 14.9. The molecule has 2 unspecified atom stereocenters. The van der Waals surface area contributed by atoms with Gasteiger partial charge in [-0.3, -0.25) is 14.2 Å². The van der Waals surface area contributed by atoms with Crippen LogP contribution in [0, 0.1) is 0 Å². The van der Waals surface area contributed by atoms with Crippen LogP contribution in [0.15, 0.2) is 122 Å². The van der Waals surface area contributed by atoms with Crippen molar-refractivity contribution in [2.75, 3.05) is 47.5 Å². The summed E-state index contributed by atoms with van der Waals surface area (Å²) in [7, 11) is 1.14. The number of quaternary nitrogens is 1. The lowest BCUT2D eigenvalue weighted by molar-refractivity contribution is -0.870. The van der Waals surface area contributed by atoms with Gasteiger partial charge in [0.15, 0.2) is 6.10 Å². The molecule has 0 aromatic heterocycles. The highest BCUT2D eigenvalue weighted by molar-refractivity contribution is 7.45. The summed E-state index contributed by atoms with van der Waals surface area (Å²) in [6.45, 7) is 4.09. The Morgan fingerprint density at radius 1 is 0.390 bits per heavy atom. The zero-order valence-electron chi connectivity index (χ0n) is 53.4. The monoisotopic (exact) mass is 1160 g/mol. The Hall–Kier alpha value is -3.59. The Kier molecular flexibility index (Phi) is 59.2. The molecule has 0 radical (unpaired) electrons. The maximum Gasteiger partial charge on any atom is 0.306 e. The molecule has 0 aromatic carbocycles. The molecule has 0 aromatic rings. The lowest BCUT2D eigenvalue weighted by Gasteiger charge is -2.28. The van der Waals surface area contributed by atoms with Gasteiger partial charge in [0.2, 0.25) is 0 Å². The first kappa shape index (κ1) is 78.4. The predicted molar refractivity (Wildman–Crippen MR) is 351 cm³/mol. The van der Waals surface area contributed by atoms with E-state index < -0.39 is 32.5 Å². The molecule has 470 valence electrons. The first-order chi connectivity index (χ1) is 40.0. The van der Waals surface area contributed by atoms with E-state index in [1.807, 2.05) is 21.1 Å². The van der Waals surface area contributed by atoms with E-state index in [4.69, 9.17) is 18.5 Å². The van der Waals surface area contributed by atoms with Gasteiger partial charge in [-0.2, -0.15) is 0 Å². The third kappa shape index (κ3) is 65.6. The smallest absolute Gasteiger partial charge is 0.306 e. The first-order valence-electron chi connectivity index (χ1n) is 33.2. The fourth-order valence-corrected chi connectivity index (χ4v) is 9.61. The summed E-state index contributed by atoms with van der Waals surface area (Å²) < 4.78 is 34.2. The van der Waals surface area contributed by atoms with E-state index in [9.17, 15) is 19.0 Å². The number of likely N-dealkylation sites (N-methyl/N-ethyl adjacent to an activating group) is 1. The van der Waals surface area contributed by atoms with Gasteiger partial charge in [-0.15, -0.1) is 0 Å². The fourth-order valence-electron chi connectivity index (χ4n) is 8.88. The molecule has 0 saturated carbocycles. The maximum atomic E-state index is 12.8. The number of hydrogen-bond acceptors (Lipinski definition) is 8. The zero-order chi connectivity index (χ0) is 59.8. The molecule has 0 aliphatic carbocycles. The van der Waals surface area contributed by atoms with Gasteiger partial charge in [0.05, 0.1) is 27.7 Å². The minimum absolute atomic E-state index is 0.0418. The number of carbonyl (C=O) groups is 2. The van der Waals surface area contributed by atoms with Crippen molar-refractivity contribution in [1.29, 1.82) is 0 Å². The minimum Gasteiger partial charge on any atom is -0.756 e. The number of rotatable bonds is 60. The van der Waals surface area contributed by atoms with Gasteiger partial charge in [-0.05, 0) is 109 Å². The van der Waals surface area contributed by atoms with E-state index in [-0.39, 0.29) is 26.1 Å². The summed E-state index contributed by atoms with van der Waals surface area (Å²) in [5.41, 5.74) is 0. The van der Waals surface area contributed by atoms with Crippen LogP contribution in [0.1, 0.15) is 271 Å². The van der Waals surface area contributed by atoms with Crippen LogP contribution in [0.3, 0.4) is 0 Å².